The van der Waals surface area contributed by atoms with Crippen molar-refractivity contribution in [3.05, 3.63) is 71.7 Å². The molecule has 37 heavy (non-hydrogen) atoms. The number of rotatable bonds is 6. The highest BCUT2D eigenvalue weighted by atomic mass is 19.2. The van der Waals surface area contributed by atoms with Gasteiger partial charge in [0.05, 0.1) is 19.0 Å². The number of methoxy groups -OCH3 is 1. The summed E-state index contributed by atoms with van der Waals surface area (Å²) in [5.41, 5.74) is 8.94. The molecular formula is C27H28F2N6O2. The average Bonchev–Trinajstić information content (AvgIpc) is 3.32. The summed E-state index contributed by atoms with van der Waals surface area (Å²) in [5, 5.41) is 6.34. The van der Waals surface area contributed by atoms with Gasteiger partial charge in [-0.2, -0.15) is 4.39 Å². The third-order valence-electron chi connectivity index (χ3n) is 6.81. The van der Waals surface area contributed by atoms with Crippen LogP contribution in [0.1, 0.15) is 41.6 Å². The smallest absolute Gasteiger partial charge is 0.251 e. The molecule has 1 aliphatic carbocycles. The van der Waals surface area contributed by atoms with E-state index < -0.39 is 11.6 Å². The second-order valence-corrected chi connectivity index (χ2v) is 9.30. The van der Waals surface area contributed by atoms with Crippen molar-refractivity contribution in [1.29, 1.82) is 0 Å². The average molecular weight is 507 g/mol. The number of imidazole rings is 1. The lowest BCUT2D eigenvalue weighted by Gasteiger charge is -2.27. The van der Waals surface area contributed by atoms with Crippen molar-refractivity contribution in [2.75, 3.05) is 12.4 Å². The van der Waals surface area contributed by atoms with Crippen molar-refractivity contribution in [1.82, 2.24) is 19.7 Å². The molecule has 10 heteroatoms. The number of nitrogens with zero attached hydrogens (tertiary/aromatic N) is 3. The molecule has 0 radical (unpaired) electrons. The Labute approximate surface area is 212 Å². The van der Waals surface area contributed by atoms with Crippen LogP contribution in [-0.4, -0.2) is 39.5 Å². The van der Waals surface area contributed by atoms with E-state index in [9.17, 15) is 13.6 Å². The van der Waals surface area contributed by atoms with Crippen LogP contribution in [0.3, 0.4) is 0 Å². The van der Waals surface area contributed by atoms with Crippen LogP contribution in [0.2, 0.25) is 0 Å². The number of amides is 1. The summed E-state index contributed by atoms with van der Waals surface area (Å²) in [6, 6.07) is 8.62. The molecule has 0 spiro atoms. The molecule has 4 N–H and O–H groups in total. The Hall–Kier alpha value is -4.05. The second-order valence-electron chi connectivity index (χ2n) is 9.30. The van der Waals surface area contributed by atoms with Crippen LogP contribution in [0.5, 0.6) is 5.75 Å². The Morgan fingerprint density at radius 3 is 2.62 bits per heavy atom. The number of aromatic nitrogens is 3. The molecule has 0 atom stereocenters. The van der Waals surface area contributed by atoms with Gasteiger partial charge in [-0.15, -0.1) is 0 Å². The van der Waals surface area contributed by atoms with E-state index in [1.54, 1.807) is 28.9 Å². The lowest BCUT2D eigenvalue weighted by Crippen LogP contribution is -2.40. The van der Waals surface area contributed by atoms with Crippen LogP contribution in [0.25, 0.3) is 16.9 Å². The summed E-state index contributed by atoms with van der Waals surface area (Å²) in [6.07, 6.45) is 8.25. The third-order valence-corrected chi connectivity index (χ3v) is 6.81. The number of fused-ring (bicyclic) bond motifs is 1. The summed E-state index contributed by atoms with van der Waals surface area (Å²) in [5.74, 6) is -1.92. The lowest BCUT2D eigenvalue weighted by atomic mass is 9.91. The fourth-order valence-electron chi connectivity index (χ4n) is 4.75. The molecule has 0 bridgehead atoms. The predicted molar refractivity (Wildman–Crippen MR) is 137 cm³/mol. The monoisotopic (exact) mass is 506 g/mol. The molecule has 2 aromatic carbocycles. The second kappa shape index (κ2) is 10.1. The zero-order valence-corrected chi connectivity index (χ0v) is 20.6. The molecule has 2 aromatic heterocycles. The van der Waals surface area contributed by atoms with Crippen molar-refractivity contribution in [2.45, 2.75) is 44.7 Å². The van der Waals surface area contributed by atoms with E-state index in [0.717, 1.165) is 31.2 Å². The van der Waals surface area contributed by atoms with Crippen LogP contribution in [0.4, 0.5) is 20.3 Å². The van der Waals surface area contributed by atoms with Crippen molar-refractivity contribution in [2.24, 2.45) is 5.73 Å². The zero-order chi connectivity index (χ0) is 26.1. The van der Waals surface area contributed by atoms with Gasteiger partial charge in [0.2, 0.25) is 5.82 Å². The fourth-order valence-corrected chi connectivity index (χ4v) is 4.75. The molecule has 8 nitrogen and oxygen atoms in total. The van der Waals surface area contributed by atoms with Gasteiger partial charge in [0.25, 0.3) is 5.91 Å². The molecule has 4 aromatic rings. The first kappa shape index (κ1) is 24.6. The minimum atomic E-state index is -1.06. The first-order valence-corrected chi connectivity index (χ1v) is 12.1. The quantitative estimate of drug-likeness (QED) is 0.349. The molecule has 1 saturated carbocycles. The van der Waals surface area contributed by atoms with Crippen molar-refractivity contribution in [3.8, 4) is 17.0 Å². The summed E-state index contributed by atoms with van der Waals surface area (Å²) < 4.78 is 35.5. The lowest BCUT2D eigenvalue weighted by molar-refractivity contribution is 0.0925. The van der Waals surface area contributed by atoms with Gasteiger partial charge in [-0.3, -0.25) is 9.20 Å². The molecule has 0 saturated heterocycles. The number of nitrogens with two attached hydrogens (primary N) is 1. The van der Waals surface area contributed by atoms with E-state index >= 15 is 0 Å². The highest BCUT2D eigenvalue weighted by Crippen LogP contribution is 2.31. The molecule has 192 valence electrons. The van der Waals surface area contributed by atoms with Gasteiger partial charge in [-0.05, 0) is 68.5 Å². The largest absolute Gasteiger partial charge is 0.494 e. The number of anilines is 2. The van der Waals surface area contributed by atoms with Gasteiger partial charge in [0.1, 0.15) is 0 Å². The van der Waals surface area contributed by atoms with Crippen molar-refractivity contribution >= 4 is 23.1 Å². The molecule has 1 amide bonds. The standard InChI is InChI=1S/C27H28F2N6O2/c1-15-13-18(7-8-19(15)27(36)34-17-5-3-16(30)4-6-17)33-25-26-32-14-21(35(26)12-11-31-25)20-9-10-22(37-2)24(29)23(20)28/h7-14,16-17H,3-6,30H2,1-2H3,(H,31,33)(H,34,36)/t16-,17+. The minimum absolute atomic E-state index is 0.0501. The number of nitrogens with one attached hydrogen (secondary N) is 2. The van der Waals surface area contributed by atoms with E-state index in [4.69, 9.17) is 10.5 Å². The SMILES string of the molecule is COc1ccc(-c2cnc3c(Nc4ccc(C(=O)N[C@H]5CC[C@@H](N)CC5)c(C)c4)nccn23)c(F)c1F. The van der Waals surface area contributed by atoms with E-state index in [1.807, 2.05) is 13.0 Å². The molecule has 5 rings (SSSR count). The van der Waals surface area contributed by atoms with E-state index in [-0.39, 0.29) is 29.3 Å². The number of carbonyl (C=O) groups excluding carboxylic acids is 1. The Kier molecular flexibility index (Phi) is 6.75. The van der Waals surface area contributed by atoms with Gasteiger partial charge in [-0.25, -0.2) is 14.4 Å². The number of aryl methyl sites for hydroxylation is 1. The van der Waals surface area contributed by atoms with Crippen molar-refractivity contribution in [3.63, 3.8) is 0 Å². The van der Waals surface area contributed by atoms with Gasteiger partial charge in [0, 0.05) is 41.3 Å². The van der Waals surface area contributed by atoms with Crippen molar-refractivity contribution < 1.29 is 18.3 Å². The predicted octanol–water partition coefficient (Wildman–Crippen LogP) is 4.73. The van der Waals surface area contributed by atoms with Crippen LogP contribution in [-0.2, 0) is 0 Å². The van der Waals surface area contributed by atoms with Crippen LogP contribution >= 0.6 is 0 Å². The molecule has 1 fully saturated rings. The Morgan fingerprint density at radius 2 is 1.89 bits per heavy atom. The molecule has 2 heterocycles. The number of carbonyl (C=O) groups is 1. The number of ether oxygens (including phenoxy) is 1. The maximum Gasteiger partial charge on any atom is 0.251 e. The Morgan fingerprint density at radius 1 is 1.11 bits per heavy atom. The number of hydrogen-bond acceptors (Lipinski definition) is 6. The van der Waals surface area contributed by atoms with E-state index in [1.165, 1.54) is 25.4 Å². The Bertz CT molecular complexity index is 1460. The summed E-state index contributed by atoms with van der Waals surface area (Å²) in [6.45, 7) is 1.87. The number of halogens is 2. The molecule has 0 unspecified atom stereocenters. The van der Waals surface area contributed by atoms with Crippen LogP contribution < -0.4 is 21.1 Å². The van der Waals surface area contributed by atoms with Gasteiger partial charge >= 0.3 is 0 Å². The third kappa shape index (κ3) is 4.84. The highest BCUT2D eigenvalue weighted by Gasteiger charge is 2.22. The highest BCUT2D eigenvalue weighted by molar-refractivity contribution is 5.96. The van der Waals surface area contributed by atoms with Gasteiger partial charge in [-0.1, -0.05) is 0 Å². The molecule has 0 aliphatic heterocycles. The summed E-state index contributed by atoms with van der Waals surface area (Å²) in [4.78, 5) is 21.6. The van der Waals surface area contributed by atoms with Crippen LogP contribution in [0, 0.1) is 18.6 Å². The topological polar surface area (TPSA) is 107 Å². The fraction of sp³-hybridized carbons (Fsp3) is 0.296. The summed E-state index contributed by atoms with van der Waals surface area (Å²) >= 11 is 0. The normalized spacial score (nSPS) is 17.5. The molecule has 1 aliphatic rings. The zero-order valence-electron chi connectivity index (χ0n) is 20.6. The van der Waals surface area contributed by atoms with E-state index in [0.29, 0.717) is 28.4 Å². The maximum absolute atomic E-state index is 14.7. The van der Waals surface area contributed by atoms with Gasteiger partial charge in [0.15, 0.2) is 23.0 Å². The first-order valence-electron chi connectivity index (χ1n) is 12.1. The van der Waals surface area contributed by atoms with Crippen LogP contribution in [0.15, 0.2) is 48.9 Å². The molecular weight excluding hydrogens is 478 g/mol. The maximum atomic E-state index is 14.7. The number of hydrogen-bond donors (Lipinski definition) is 3. The first-order chi connectivity index (χ1) is 17.9. The van der Waals surface area contributed by atoms with E-state index in [2.05, 4.69) is 20.6 Å². The Balaban J connectivity index is 1.37. The van der Waals surface area contributed by atoms with Gasteiger partial charge < -0.3 is 21.1 Å². The number of benzene rings is 2. The summed E-state index contributed by atoms with van der Waals surface area (Å²) in [7, 11) is 1.28. The minimum Gasteiger partial charge on any atom is -0.494 e.